The Kier molecular flexibility index (Phi) is 4.20. The van der Waals surface area contributed by atoms with Crippen LogP contribution >= 0.6 is 27.7 Å². The molecule has 0 saturated carbocycles. The number of hydrogen-bond acceptors (Lipinski definition) is 3. The number of benzene rings is 1. The van der Waals surface area contributed by atoms with Gasteiger partial charge in [0.2, 0.25) is 0 Å². The zero-order chi connectivity index (χ0) is 12.3. The molecule has 0 aliphatic carbocycles. The largest absolute Gasteiger partial charge is 0.389 e. The van der Waals surface area contributed by atoms with Gasteiger partial charge in [-0.1, -0.05) is 23.9 Å². The Morgan fingerprint density at radius 3 is 2.71 bits per heavy atom. The van der Waals surface area contributed by atoms with Crippen molar-refractivity contribution in [3.05, 3.63) is 52.6 Å². The van der Waals surface area contributed by atoms with E-state index in [1.165, 1.54) is 0 Å². The molecule has 0 spiro atoms. The molecule has 0 unspecified atom stereocenters. The first-order valence-electron chi connectivity index (χ1n) is 5.23. The van der Waals surface area contributed by atoms with Crippen molar-refractivity contribution in [3.63, 3.8) is 0 Å². The summed E-state index contributed by atoms with van der Waals surface area (Å²) in [5.74, 6) is 0. The molecule has 0 aliphatic rings. The number of halogens is 1. The highest BCUT2D eigenvalue weighted by Crippen LogP contribution is 2.33. The lowest BCUT2D eigenvalue weighted by atomic mass is 10.1. The molecule has 0 amide bonds. The summed E-state index contributed by atoms with van der Waals surface area (Å²) >= 11 is 5.11. The number of aliphatic hydroxyl groups is 1. The summed E-state index contributed by atoms with van der Waals surface area (Å²) in [5, 5.41) is 10.4. The Morgan fingerprint density at radius 1 is 1.29 bits per heavy atom. The van der Waals surface area contributed by atoms with Crippen LogP contribution in [0, 0.1) is 0 Å². The van der Waals surface area contributed by atoms with Gasteiger partial charge in [-0.05, 0) is 52.7 Å². The summed E-state index contributed by atoms with van der Waals surface area (Å²) in [6, 6.07) is 11.7. The van der Waals surface area contributed by atoms with Crippen LogP contribution in [0.15, 0.2) is 57.0 Å². The molecular weight excluding hydrogens is 298 g/mol. The summed E-state index contributed by atoms with van der Waals surface area (Å²) in [4.78, 5) is 5.36. The van der Waals surface area contributed by atoms with E-state index in [-0.39, 0.29) is 0 Å². The maximum Gasteiger partial charge on any atom is 0.101 e. The smallest absolute Gasteiger partial charge is 0.101 e. The molecular formula is C13H12BrNOS. The molecule has 0 fully saturated rings. The Labute approximate surface area is 113 Å². The lowest BCUT2D eigenvalue weighted by Gasteiger charge is -2.08. The Bertz CT molecular complexity index is 502. The predicted molar refractivity (Wildman–Crippen MR) is 73.1 cm³/mol. The highest BCUT2D eigenvalue weighted by Gasteiger charge is 2.07. The fraction of sp³-hybridized carbons (Fsp3) is 0.154. The van der Waals surface area contributed by atoms with E-state index in [9.17, 15) is 5.11 Å². The van der Waals surface area contributed by atoms with Gasteiger partial charge in [-0.15, -0.1) is 0 Å². The molecule has 1 N–H and O–H groups in total. The third kappa shape index (κ3) is 3.31. The first-order chi connectivity index (χ1) is 8.16. The van der Waals surface area contributed by atoms with Crippen LogP contribution in [0.5, 0.6) is 0 Å². The molecule has 17 heavy (non-hydrogen) atoms. The van der Waals surface area contributed by atoms with Crippen LogP contribution in [-0.4, -0.2) is 10.1 Å². The van der Waals surface area contributed by atoms with Gasteiger partial charge in [0.1, 0.15) is 5.03 Å². The normalized spacial score (nSPS) is 12.4. The third-order valence-corrected chi connectivity index (χ3v) is 4.24. The first kappa shape index (κ1) is 12.6. The van der Waals surface area contributed by atoms with Gasteiger partial charge in [-0.25, -0.2) is 4.98 Å². The number of hydrogen-bond donors (Lipinski definition) is 1. The Hall–Kier alpha value is -0.840. The van der Waals surface area contributed by atoms with E-state index >= 15 is 0 Å². The molecule has 1 aromatic heterocycles. The van der Waals surface area contributed by atoms with Crippen molar-refractivity contribution in [2.24, 2.45) is 0 Å². The lowest BCUT2D eigenvalue weighted by Crippen LogP contribution is -1.91. The van der Waals surface area contributed by atoms with Crippen LogP contribution in [0.25, 0.3) is 0 Å². The second-order valence-electron chi connectivity index (χ2n) is 3.64. The van der Waals surface area contributed by atoms with Gasteiger partial charge in [0, 0.05) is 15.6 Å². The van der Waals surface area contributed by atoms with Gasteiger partial charge in [-0.3, -0.25) is 0 Å². The van der Waals surface area contributed by atoms with Crippen molar-refractivity contribution in [2.45, 2.75) is 22.9 Å². The molecule has 2 nitrogen and oxygen atoms in total. The quantitative estimate of drug-likeness (QED) is 0.928. The summed E-state index contributed by atoms with van der Waals surface area (Å²) < 4.78 is 0.978. The molecule has 0 saturated heterocycles. The van der Waals surface area contributed by atoms with Gasteiger partial charge in [-0.2, -0.15) is 0 Å². The van der Waals surface area contributed by atoms with Gasteiger partial charge < -0.3 is 5.11 Å². The van der Waals surface area contributed by atoms with E-state index in [1.807, 2.05) is 36.4 Å². The van der Waals surface area contributed by atoms with Crippen LogP contribution in [0.1, 0.15) is 18.6 Å². The second-order valence-corrected chi connectivity index (χ2v) is 5.55. The molecule has 4 heteroatoms. The van der Waals surface area contributed by atoms with E-state index in [2.05, 4.69) is 20.9 Å². The third-order valence-electron chi connectivity index (χ3n) is 2.29. The Balaban J connectivity index is 2.23. The van der Waals surface area contributed by atoms with E-state index in [0.717, 1.165) is 20.0 Å². The van der Waals surface area contributed by atoms with Crippen LogP contribution in [0.4, 0.5) is 0 Å². The zero-order valence-electron chi connectivity index (χ0n) is 9.30. The SMILES string of the molecule is C[C@H](O)c1ccc(Sc2ccccn2)c(Br)c1. The fourth-order valence-corrected chi connectivity index (χ4v) is 2.80. The van der Waals surface area contributed by atoms with Crippen molar-refractivity contribution in [2.75, 3.05) is 0 Å². The molecule has 88 valence electrons. The molecule has 2 rings (SSSR count). The van der Waals surface area contributed by atoms with Crippen molar-refractivity contribution >= 4 is 27.7 Å². The molecule has 2 aromatic rings. The maximum absolute atomic E-state index is 9.49. The monoisotopic (exact) mass is 309 g/mol. The van der Waals surface area contributed by atoms with E-state index < -0.39 is 6.10 Å². The number of nitrogens with zero attached hydrogens (tertiary/aromatic N) is 1. The van der Waals surface area contributed by atoms with Gasteiger partial charge in [0.15, 0.2) is 0 Å². The average Bonchev–Trinajstić information content (AvgIpc) is 2.33. The van der Waals surface area contributed by atoms with Crippen LogP contribution < -0.4 is 0 Å². The van der Waals surface area contributed by atoms with Gasteiger partial charge in [0.05, 0.1) is 6.10 Å². The van der Waals surface area contributed by atoms with Crippen LogP contribution in [0.3, 0.4) is 0 Å². The zero-order valence-corrected chi connectivity index (χ0v) is 11.7. The average molecular weight is 310 g/mol. The lowest BCUT2D eigenvalue weighted by molar-refractivity contribution is 0.199. The van der Waals surface area contributed by atoms with Crippen molar-refractivity contribution in [1.29, 1.82) is 0 Å². The van der Waals surface area contributed by atoms with Crippen LogP contribution in [-0.2, 0) is 0 Å². The van der Waals surface area contributed by atoms with Gasteiger partial charge in [0.25, 0.3) is 0 Å². The highest BCUT2D eigenvalue weighted by molar-refractivity contribution is 9.10. The molecule has 1 heterocycles. The first-order valence-corrected chi connectivity index (χ1v) is 6.84. The molecule has 0 bridgehead atoms. The van der Waals surface area contributed by atoms with E-state index in [1.54, 1.807) is 24.9 Å². The predicted octanol–water partition coefficient (Wildman–Crippen LogP) is 4.05. The standard InChI is InChI=1S/C13H12BrNOS/c1-9(16)10-5-6-12(11(14)8-10)17-13-4-2-3-7-15-13/h2-9,16H,1H3/t9-/m0/s1. The minimum Gasteiger partial charge on any atom is -0.389 e. The number of aliphatic hydroxyl groups excluding tert-OH is 1. The second kappa shape index (κ2) is 5.67. The van der Waals surface area contributed by atoms with Gasteiger partial charge >= 0.3 is 0 Å². The summed E-state index contributed by atoms with van der Waals surface area (Å²) in [7, 11) is 0. The minimum atomic E-state index is -0.444. The fourth-order valence-electron chi connectivity index (χ4n) is 1.38. The van der Waals surface area contributed by atoms with E-state index in [0.29, 0.717) is 0 Å². The molecule has 1 atom stereocenters. The minimum absolute atomic E-state index is 0.444. The Morgan fingerprint density at radius 2 is 2.12 bits per heavy atom. The van der Waals surface area contributed by atoms with Crippen LogP contribution in [0.2, 0.25) is 0 Å². The summed E-state index contributed by atoms with van der Waals surface area (Å²) in [5.41, 5.74) is 0.905. The molecule has 1 aromatic carbocycles. The van der Waals surface area contributed by atoms with Crippen molar-refractivity contribution in [3.8, 4) is 0 Å². The number of pyridine rings is 1. The van der Waals surface area contributed by atoms with E-state index in [4.69, 9.17) is 0 Å². The topological polar surface area (TPSA) is 33.1 Å². The van der Waals surface area contributed by atoms with Crippen molar-refractivity contribution < 1.29 is 5.11 Å². The highest BCUT2D eigenvalue weighted by atomic mass is 79.9. The summed E-state index contributed by atoms with van der Waals surface area (Å²) in [6.45, 7) is 1.76. The van der Waals surface area contributed by atoms with Crippen molar-refractivity contribution in [1.82, 2.24) is 4.98 Å². The summed E-state index contributed by atoms with van der Waals surface area (Å²) in [6.07, 6.45) is 1.33. The molecule has 0 aliphatic heterocycles. The molecule has 0 radical (unpaired) electrons. The maximum atomic E-state index is 9.49. The number of aromatic nitrogens is 1. The number of rotatable bonds is 3.